The molecular formula is C8H11ClN2O2S. The number of aliphatic hydroxyl groups is 1. The minimum atomic E-state index is -1.13. The minimum absolute atomic E-state index is 0.158. The van der Waals surface area contributed by atoms with Gasteiger partial charge in [0.1, 0.15) is 6.10 Å². The molecule has 78 valence electrons. The van der Waals surface area contributed by atoms with Crippen LogP contribution >= 0.6 is 22.9 Å². The molecule has 14 heavy (non-hydrogen) atoms. The summed E-state index contributed by atoms with van der Waals surface area (Å²) in [5.74, 6) is -0.721. The molecule has 1 amide bonds. The summed E-state index contributed by atoms with van der Waals surface area (Å²) in [6, 6.07) is 1.83. The summed E-state index contributed by atoms with van der Waals surface area (Å²) in [6.07, 6.45) is -1.13. The fraction of sp³-hybridized carbons (Fsp3) is 0.375. The number of hydrogen-bond acceptors (Lipinski definition) is 4. The fourth-order valence-corrected chi connectivity index (χ4v) is 1.92. The number of carbonyl (C=O) groups is 1. The number of thiophene rings is 1. The predicted octanol–water partition coefficient (Wildman–Crippen LogP) is 0.337. The van der Waals surface area contributed by atoms with Crippen LogP contribution in [-0.2, 0) is 11.3 Å². The Kier molecular flexibility index (Phi) is 4.34. The Labute approximate surface area is 90.7 Å². The van der Waals surface area contributed by atoms with Gasteiger partial charge in [-0.25, -0.2) is 0 Å². The number of nitrogens with one attached hydrogen (secondary N) is 1. The van der Waals surface area contributed by atoms with Crippen molar-refractivity contribution in [3.8, 4) is 0 Å². The third-order valence-corrected chi connectivity index (χ3v) is 2.87. The van der Waals surface area contributed by atoms with E-state index in [1.807, 2.05) is 11.4 Å². The first-order valence-electron chi connectivity index (χ1n) is 4.00. The molecule has 0 aliphatic carbocycles. The highest BCUT2D eigenvalue weighted by molar-refractivity contribution is 7.10. The van der Waals surface area contributed by atoms with Gasteiger partial charge in [-0.05, 0) is 6.07 Å². The molecule has 1 aromatic heterocycles. The van der Waals surface area contributed by atoms with Crippen LogP contribution in [0.2, 0.25) is 5.02 Å². The van der Waals surface area contributed by atoms with Crippen molar-refractivity contribution in [3.05, 3.63) is 21.3 Å². The number of nitrogens with two attached hydrogens (primary N) is 1. The molecule has 4 N–H and O–H groups in total. The zero-order chi connectivity index (χ0) is 10.6. The third-order valence-electron chi connectivity index (χ3n) is 1.59. The lowest BCUT2D eigenvalue weighted by Gasteiger charge is -2.06. The third kappa shape index (κ3) is 3.63. The molecule has 0 radical (unpaired) electrons. The van der Waals surface area contributed by atoms with Crippen LogP contribution in [0.3, 0.4) is 0 Å². The highest BCUT2D eigenvalue weighted by Crippen LogP contribution is 2.18. The van der Waals surface area contributed by atoms with E-state index < -0.39 is 12.0 Å². The van der Waals surface area contributed by atoms with Gasteiger partial charge >= 0.3 is 0 Å². The molecule has 1 aromatic rings. The number of amides is 1. The average molecular weight is 235 g/mol. The molecule has 4 nitrogen and oxygen atoms in total. The number of carbonyl (C=O) groups excluding carboxylic acids is 1. The van der Waals surface area contributed by atoms with E-state index in [0.29, 0.717) is 11.6 Å². The zero-order valence-electron chi connectivity index (χ0n) is 7.37. The van der Waals surface area contributed by atoms with E-state index >= 15 is 0 Å². The van der Waals surface area contributed by atoms with E-state index in [1.54, 1.807) is 0 Å². The number of primary amides is 1. The van der Waals surface area contributed by atoms with Gasteiger partial charge in [0, 0.05) is 23.3 Å². The minimum Gasteiger partial charge on any atom is -0.382 e. The van der Waals surface area contributed by atoms with Crippen molar-refractivity contribution in [2.45, 2.75) is 12.6 Å². The molecule has 0 aliphatic heterocycles. The van der Waals surface area contributed by atoms with Crippen molar-refractivity contribution >= 4 is 28.8 Å². The summed E-state index contributed by atoms with van der Waals surface area (Å²) in [4.78, 5) is 11.5. The van der Waals surface area contributed by atoms with E-state index in [-0.39, 0.29) is 6.54 Å². The number of hydrogen-bond donors (Lipinski definition) is 3. The summed E-state index contributed by atoms with van der Waals surface area (Å²) >= 11 is 7.23. The van der Waals surface area contributed by atoms with E-state index in [0.717, 1.165) is 4.88 Å². The number of aliphatic hydroxyl groups excluding tert-OH is 1. The summed E-state index contributed by atoms with van der Waals surface area (Å²) in [5.41, 5.74) is 4.87. The molecule has 1 unspecified atom stereocenters. The second kappa shape index (κ2) is 5.31. The lowest BCUT2D eigenvalue weighted by Crippen LogP contribution is -2.37. The van der Waals surface area contributed by atoms with E-state index in [9.17, 15) is 4.79 Å². The molecule has 0 fully saturated rings. The van der Waals surface area contributed by atoms with Gasteiger partial charge in [-0.15, -0.1) is 11.3 Å². The Bertz CT molecular complexity index is 316. The monoisotopic (exact) mass is 234 g/mol. The predicted molar refractivity (Wildman–Crippen MR) is 56.2 cm³/mol. The van der Waals surface area contributed by atoms with Gasteiger partial charge in [0.15, 0.2) is 0 Å². The van der Waals surface area contributed by atoms with Crippen LogP contribution in [-0.4, -0.2) is 23.7 Å². The van der Waals surface area contributed by atoms with Gasteiger partial charge in [-0.1, -0.05) is 11.6 Å². The van der Waals surface area contributed by atoms with Gasteiger partial charge in [0.05, 0.1) is 5.02 Å². The normalized spacial score (nSPS) is 12.7. The van der Waals surface area contributed by atoms with Crippen LogP contribution in [0.1, 0.15) is 4.88 Å². The Morgan fingerprint density at radius 2 is 2.50 bits per heavy atom. The van der Waals surface area contributed by atoms with Crippen LogP contribution < -0.4 is 11.1 Å². The molecule has 0 spiro atoms. The lowest BCUT2D eigenvalue weighted by molar-refractivity contribution is -0.125. The van der Waals surface area contributed by atoms with E-state index in [2.05, 4.69) is 5.32 Å². The standard InChI is InChI=1S/C8H11ClN2O2S/c9-5-1-6(14-4-5)2-11-3-7(12)8(10)13/h1,4,7,11-12H,2-3H2,(H2,10,13). The lowest BCUT2D eigenvalue weighted by atomic mass is 10.3. The highest BCUT2D eigenvalue weighted by atomic mass is 35.5. The SMILES string of the molecule is NC(=O)C(O)CNCc1cc(Cl)cs1. The van der Waals surface area contributed by atoms with Crippen LogP contribution in [0.25, 0.3) is 0 Å². The molecule has 0 aliphatic rings. The molecule has 0 saturated carbocycles. The molecule has 0 saturated heterocycles. The van der Waals surface area contributed by atoms with Crippen molar-refractivity contribution in [3.63, 3.8) is 0 Å². The Balaban J connectivity index is 2.25. The van der Waals surface area contributed by atoms with Crippen LogP contribution in [0.15, 0.2) is 11.4 Å². The van der Waals surface area contributed by atoms with Crippen LogP contribution in [0.5, 0.6) is 0 Å². The number of rotatable bonds is 5. The van der Waals surface area contributed by atoms with Crippen molar-refractivity contribution < 1.29 is 9.90 Å². The van der Waals surface area contributed by atoms with E-state index in [1.165, 1.54) is 11.3 Å². The summed E-state index contributed by atoms with van der Waals surface area (Å²) in [7, 11) is 0. The average Bonchev–Trinajstić information content (AvgIpc) is 2.51. The first kappa shape index (κ1) is 11.5. The summed E-state index contributed by atoms with van der Waals surface area (Å²) in [6.45, 7) is 0.729. The molecule has 0 bridgehead atoms. The first-order chi connectivity index (χ1) is 6.59. The fourth-order valence-electron chi connectivity index (χ4n) is 0.879. The zero-order valence-corrected chi connectivity index (χ0v) is 8.94. The van der Waals surface area contributed by atoms with Crippen molar-refractivity contribution in [2.75, 3.05) is 6.54 Å². The van der Waals surface area contributed by atoms with Gasteiger partial charge in [0.25, 0.3) is 0 Å². The molecule has 6 heteroatoms. The Morgan fingerprint density at radius 3 is 3.00 bits per heavy atom. The molecule has 1 rings (SSSR count). The van der Waals surface area contributed by atoms with Gasteiger partial charge in [-0.3, -0.25) is 4.79 Å². The Hall–Kier alpha value is -0.620. The van der Waals surface area contributed by atoms with Gasteiger partial charge < -0.3 is 16.2 Å². The summed E-state index contributed by atoms with van der Waals surface area (Å²) < 4.78 is 0. The van der Waals surface area contributed by atoms with Crippen LogP contribution in [0, 0.1) is 0 Å². The van der Waals surface area contributed by atoms with Crippen molar-refractivity contribution in [1.82, 2.24) is 5.32 Å². The maximum absolute atomic E-state index is 10.5. The van der Waals surface area contributed by atoms with Gasteiger partial charge in [-0.2, -0.15) is 0 Å². The smallest absolute Gasteiger partial charge is 0.247 e. The second-order valence-corrected chi connectivity index (χ2v) is 4.21. The quantitative estimate of drug-likeness (QED) is 0.688. The van der Waals surface area contributed by atoms with E-state index in [4.69, 9.17) is 22.4 Å². The molecular weight excluding hydrogens is 224 g/mol. The van der Waals surface area contributed by atoms with Crippen LogP contribution in [0.4, 0.5) is 0 Å². The van der Waals surface area contributed by atoms with Crippen molar-refractivity contribution in [1.29, 1.82) is 0 Å². The topological polar surface area (TPSA) is 75.4 Å². The number of halogens is 1. The molecule has 0 aromatic carbocycles. The van der Waals surface area contributed by atoms with Crippen molar-refractivity contribution in [2.24, 2.45) is 5.73 Å². The second-order valence-electron chi connectivity index (χ2n) is 2.78. The molecule has 1 heterocycles. The maximum Gasteiger partial charge on any atom is 0.247 e. The highest BCUT2D eigenvalue weighted by Gasteiger charge is 2.09. The first-order valence-corrected chi connectivity index (χ1v) is 5.26. The largest absolute Gasteiger partial charge is 0.382 e. The Morgan fingerprint density at radius 1 is 1.79 bits per heavy atom. The summed E-state index contributed by atoms with van der Waals surface area (Å²) in [5, 5.41) is 14.5. The van der Waals surface area contributed by atoms with Gasteiger partial charge in [0.2, 0.25) is 5.91 Å². The maximum atomic E-state index is 10.5. The molecule has 1 atom stereocenters.